The Kier molecular flexibility index (Phi) is 10.9. The molecule has 2 heterocycles. The number of rotatable bonds is 13. The van der Waals surface area contributed by atoms with Gasteiger partial charge in [-0.25, -0.2) is 9.78 Å². The van der Waals surface area contributed by atoms with Crippen molar-refractivity contribution in [2.24, 2.45) is 0 Å². The van der Waals surface area contributed by atoms with Gasteiger partial charge in [0.1, 0.15) is 25.1 Å². The average Bonchev–Trinajstić information content (AvgIpc) is 2.98. The van der Waals surface area contributed by atoms with E-state index in [2.05, 4.69) is 20.5 Å². The molecule has 41 heavy (non-hydrogen) atoms. The van der Waals surface area contributed by atoms with Crippen LogP contribution in [0.25, 0.3) is 0 Å². The number of nitrogens with one attached hydrogen (secondary N) is 2. The summed E-state index contributed by atoms with van der Waals surface area (Å²) in [4.78, 5) is 29.8. The van der Waals surface area contributed by atoms with Gasteiger partial charge in [-0.15, -0.1) is 0 Å². The van der Waals surface area contributed by atoms with E-state index in [9.17, 15) is 14.7 Å². The minimum absolute atomic E-state index is 0.126. The lowest BCUT2D eigenvalue weighted by atomic mass is 10.0. The number of aromatic nitrogens is 1. The first-order chi connectivity index (χ1) is 19.9. The van der Waals surface area contributed by atoms with Crippen molar-refractivity contribution in [3.8, 4) is 11.5 Å². The molecule has 1 atom stereocenters. The highest BCUT2D eigenvalue weighted by Crippen LogP contribution is 2.28. The number of hydrogen-bond acceptors (Lipinski definition) is 9. The fourth-order valence-corrected chi connectivity index (χ4v) is 4.56. The maximum atomic E-state index is 11.8. The zero-order chi connectivity index (χ0) is 29.0. The fourth-order valence-electron chi connectivity index (χ4n) is 4.56. The molecule has 0 saturated carbocycles. The predicted molar refractivity (Wildman–Crippen MR) is 156 cm³/mol. The summed E-state index contributed by atoms with van der Waals surface area (Å²) in [5.74, 6) is 1.48. The van der Waals surface area contributed by atoms with Gasteiger partial charge in [0.05, 0.1) is 12.2 Å². The van der Waals surface area contributed by atoms with Crippen LogP contribution in [0, 0.1) is 0 Å². The molecule has 0 radical (unpaired) electrons. The number of benzene rings is 2. The van der Waals surface area contributed by atoms with Crippen LogP contribution in [0.15, 0.2) is 66.9 Å². The van der Waals surface area contributed by atoms with E-state index >= 15 is 0 Å². The fraction of sp³-hybridized carbons (Fsp3) is 0.387. The number of ether oxygens (including phenoxy) is 3. The average molecular weight is 563 g/mol. The molecule has 4 rings (SSSR count). The van der Waals surface area contributed by atoms with Crippen LogP contribution in [0.3, 0.4) is 0 Å². The largest absolute Gasteiger partial charge is 0.487 e. The molecule has 1 aliphatic heterocycles. The highest BCUT2D eigenvalue weighted by Gasteiger charge is 2.21. The van der Waals surface area contributed by atoms with Gasteiger partial charge < -0.3 is 34.9 Å². The molecule has 0 aliphatic carbocycles. The molecule has 2 aromatic carbocycles. The molecule has 218 valence electrons. The number of nitrogens with zero attached hydrogens (tertiary/aromatic N) is 2. The highest BCUT2D eigenvalue weighted by molar-refractivity contribution is 5.89. The predicted octanol–water partition coefficient (Wildman–Crippen LogP) is 3.79. The summed E-state index contributed by atoms with van der Waals surface area (Å²) in [6.45, 7) is 6.09. The van der Waals surface area contributed by atoms with E-state index in [0.717, 1.165) is 37.3 Å². The van der Waals surface area contributed by atoms with Crippen molar-refractivity contribution in [1.82, 2.24) is 10.3 Å². The molecule has 1 fully saturated rings. The van der Waals surface area contributed by atoms with Crippen LogP contribution in [-0.4, -0.2) is 67.0 Å². The second-order valence-corrected chi connectivity index (χ2v) is 9.88. The smallest absolute Gasteiger partial charge is 0.339 e. The van der Waals surface area contributed by atoms with E-state index in [1.807, 2.05) is 54.6 Å². The van der Waals surface area contributed by atoms with Crippen molar-refractivity contribution >= 4 is 23.4 Å². The topological polar surface area (TPSA) is 122 Å². The first kappa shape index (κ1) is 29.8. The van der Waals surface area contributed by atoms with Crippen LogP contribution < -0.4 is 25.0 Å². The molecule has 10 heteroatoms. The minimum Gasteiger partial charge on any atom is -0.487 e. The standard InChI is InChI=1S/C31H38N4O6/c1-3-39-31(38)24-11-12-30(33-18-24)35-15-13-25(14-16-35)32-19-27(37)21-41-29-10-5-4-9-28(29)40-20-23-7-6-8-26(17-23)34-22(2)36/h4-12,17-18,25,27,32,37H,3,13-16,19-21H2,1-2H3,(H,34,36). The van der Waals surface area contributed by atoms with Crippen LogP contribution in [0.2, 0.25) is 0 Å². The molecule has 1 amide bonds. The van der Waals surface area contributed by atoms with Crippen LogP contribution in [0.4, 0.5) is 11.5 Å². The Morgan fingerprint density at radius 1 is 1.05 bits per heavy atom. The third-order valence-electron chi connectivity index (χ3n) is 6.64. The van der Waals surface area contributed by atoms with Crippen molar-refractivity contribution in [2.45, 2.75) is 45.4 Å². The molecule has 0 spiro atoms. The van der Waals surface area contributed by atoms with Crippen molar-refractivity contribution in [3.63, 3.8) is 0 Å². The molecule has 10 nitrogen and oxygen atoms in total. The summed E-state index contributed by atoms with van der Waals surface area (Å²) in [7, 11) is 0. The number of hydrogen-bond donors (Lipinski definition) is 3. The van der Waals surface area contributed by atoms with Gasteiger partial charge >= 0.3 is 5.97 Å². The van der Waals surface area contributed by atoms with E-state index in [1.54, 1.807) is 19.2 Å². The summed E-state index contributed by atoms with van der Waals surface area (Å²) in [5.41, 5.74) is 2.07. The Balaban J connectivity index is 1.18. The second-order valence-electron chi connectivity index (χ2n) is 9.88. The van der Waals surface area contributed by atoms with Crippen LogP contribution >= 0.6 is 0 Å². The zero-order valence-electron chi connectivity index (χ0n) is 23.5. The number of pyridine rings is 1. The van der Waals surface area contributed by atoms with E-state index < -0.39 is 6.10 Å². The lowest BCUT2D eigenvalue weighted by Gasteiger charge is -2.33. The molecule has 1 aromatic heterocycles. The lowest BCUT2D eigenvalue weighted by molar-refractivity contribution is -0.114. The van der Waals surface area contributed by atoms with E-state index in [4.69, 9.17) is 14.2 Å². The monoisotopic (exact) mass is 562 g/mol. The maximum Gasteiger partial charge on any atom is 0.339 e. The molecule has 3 N–H and O–H groups in total. The van der Waals surface area contributed by atoms with Gasteiger partial charge in [0.2, 0.25) is 5.91 Å². The summed E-state index contributed by atoms with van der Waals surface area (Å²) in [6, 6.07) is 18.7. The second kappa shape index (κ2) is 15.0. The van der Waals surface area contributed by atoms with E-state index in [0.29, 0.717) is 42.5 Å². The summed E-state index contributed by atoms with van der Waals surface area (Å²) in [5, 5.41) is 16.8. The number of anilines is 2. The van der Waals surface area contributed by atoms with Gasteiger partial charge in [-0.3, -0.25) is 4.79 Å². The molecule has 1 aliphatic rings. The van der Waals surface area contributed by atoms with Gasteiger partial charge in [-0.1, -0.05) is 24.3 Å². The van der Waals surface area contributed by atoms with Gasteiger partial charge in [-0.05, 0) is 61.7 Å². The molecule has 0 bridgehead atoms. The van der Waals surface area contributed by atoms with Gasteiger partial charge in [0.25, 0.3) is 0 Å². The number of carbonyl (C=O) groups is 2. The Labute approximate surface area is 240 Å². The number of piperidine rings is 1. The zero-order valence-corrected chi connectivity index (χ0v) is 23.5. The molecule has 3 aromatic rings. The summed E-state index contributed by atoms with van der Waals surface area (Å²) < 4.78 is 16.9. The number of carbonyl (C=O) groups excluding carboxylic acids is 2. The number of esters is 1. The van der Waals surface area contributed by atoms with Gasteiger partial charge in [-0.2, -0.15) is 0 Å². The molecule has 1 unspecified atom stereocenters. The number of para-hydroxylation sites is 2. The Bertz CT molecular complexity index is 1280. The first-order valence-electron chi connectivity index (χ1n) is 13.9. The maximum absolute atomic E-state index is 11.8. The summed E-state index contributed by atoms with van der Waals surface area (Å²) in [6.07, 6.45) is 2.69. The van der Waals surface area contributed by atoms with Gasteiger partial charge in [0, 0.05) is 44.5 Å². The lowest BCUT2D eigenvalue weighted by Crippen LogP contribution is -2.45. The van der Waals surface area contributed by atoms with E-state index in [1.165, 1.54) is 6.92 Å². The molecular weight excluding hydrogens is 524 g/mol. The van der Waals surface area contributed by atoms with Gasteiger partial charge in [0.15, 0.2) is 11.5 Å². The van der Waals surface area contributed by atoms with Crippen LogP contribution in [-0.2, 0) is 16.1 Å². The normalized spacial score (nSPS) is 14.3. The minimum atomic E-state index is -0.687. The van der Waals surface area contributed by atoms with Crippen LogP contribution in [0.1, 0.15) is 42.6 Å². The Hall–Kier alpha value is -4.15. The van der Waals surface area contributed by atoms with E-state index in [-0.39, 0.29) is 24.5 Å². The quantitative estimate of drug-likeness (QED) is 0.267. The van der Waals surface area contributed by atoms with Crippen molar-refractivity contribution in [3.05, 3.63) is 78.0 Å². The van der Waals surface area contributed by atoms with Crippen molar-refractivity contribution in [2.75, 3.05) is 43.1 Å². The molecular formula is C31H38N4O6. The number of aliphatic hydroxyl groups excluding tert-OH is 1. The molecule has 1 saturated heterocycles. The third-order valence-corrected chi connectivity index (χ3v) is 6.64. The Morgan fingerprint density at radius 2 is 1.80 bits per heavy atom. The van der Waals surface area contributed by atoms with Crippen molar-refractivity contribution in [1.29, 1.82) is 0 Å². The third kappa shape index (κ3) is 9.19. The number of amides is 1. The Morgan fingerprint density at radius 3 is 2.49 bits per heavy atom. The summed E-state index contributed by atoms with van der Waals surface area (Å²) >= 11 is 0. The highest BCUT2D eigenvalue weighted by atomic mass is 16.5. The first-order valence-corrected chi connectivity index (χ1v) is 13.9. The SMILES string of the molecule is CCOC(=O)c1ccc(N2CCC(NCC(O)COc3ccccc3OCc3cccc(NC(C)=O)c3)CC2)nc1. The van der Waals surface area contributed by atoms with Crippen molar-refractivity contribution < 1.29 is 28.9 Å². The number of aliphatic hydroxyl groups is 1. The van der Waals surface area contributed by atoms with Crippen LogP contribution in [0.5, 0.6) is 11.5 Å².